The number of nitrogens with zero attached hydrogens (tertiary/aromatic N) is 1. The lowest BCUT2D eigenvalue weighted by molar-refractivity contribution is -0.123. The van der Waals surface area contributed by atoms with Crippen LogP contribution in [0.5, 0.6) is 5.75 Å². The van der Waals surface area contributed by atoms with Crippen LogP contribution in [-0.4, -0.2) is 18.2 Å². The number of fused-ring (bicyclic) bond motifs is 1. The topological polar surface area (TPSA) is 50.7 Å². The predicted molar refractivity (Wildman–Crippen MR) is 82.9 cm³/mol. The molecule has 4 nitrogen and oxygen atoms in total. The Morgan fingerprint density at radius 2 is 2.29 bits per heavy atom. The number of hydrogen-bond acceptors (Lipinski definition) is 3. The van der Waals surface area contributed by atoms with E-state index in [1.165, 1.54) is 0 Å². The number of nitrogens with one attached hydrogen (secondary N) is 1. The number of allylic oxidation sites excluding steroid dienone is 2. The highest BCUT2D eigenvalue weighted by Crippen LogP contribution is 2.40. The molecular weight excluding hydrogens is 311 g/mol. The second kappa shape index (κ2) is 6.08. The predicted octanol–water partition coefficient (Wildman–Crippen LogP) is 3.44. The van der Waals surface area contributed by atoms with E-state index in [0.717, 1.165) is 18.6 Å². The fourth-order valence-electron chi connectivity index (χ4n) is 2.57. The maximum Gasteiger partial charge on any atom is 0.277 e. The highest BCUT2D eigenvalue weighted by atomic mass is 35.5. The molecule has 0 radical (unpaired) electrons. The largest absolute Gasteiger partial charge is 0.482 e. The Bertz CT molecular complexity index is 628. The van der Waals surface area contributed by atoms with Crippen molar-refractivity contribution in [2.24, 2.45) is 16.9 Å². The van der Waals surface area contributed by atoms with Gasteiger partial charge in [0.05, 0.1) is 5.02 Å². The molecule has 1 aromatic rings. The number of halogens is 2. The summed E-state index contributed by atoms with van der Waals surface area (Å²) in [6.07, 6.45) is 6.35. The van der Waals surface area contributed by atoms with Crippen molar-refractivity contribution in [3.63, 3.8) is 0 Å². The minimum absolute atomic E-state index is 0.134. The van der Waals surface area contributed by atoms with E-state index in [0.29, 0.717) is 27.6 Å². The van der Waals surface area contributed by atoms with Gasteiger partial charge in [0.1, 0.15) is 5.75 Å². The maximum atomic E-state index is 11.7. The Kier molecular flexibility index (Phi) is 4.17. The van der Waals surface area contributed by atoms with E-state index in [4.69, 9.17) is 27.9 Å². The number of hydrazone groups is 1. The van der Waals surface area contributed by atoms with Crippen LogP contribution < -0.4 is 10.2 Å². The molecule has 1 aromatic carbocycles. The van der Waals surface area contributed by atoms with Crippen LogP contribution in [0.3, 0.4) is 0 Å². The van der Waals surface area contributed by atoms with Crippen molar-refractivity contribution in [3.8, 4) is 5.75 Å². The van der Waals surface area contributed by atoms with Crippen LogP contribution in [0.1, 0.15) is 12.8 Å². The van der Waals surface area contributed by atoms with Crippen LogP contribution in [-0.2, 0) is 4.79 Å². The summed E-state index contributed by atoms with van der Waals surface area (Å²) in [6.45, 7) is -0.134. The van der Waals surface area contributed by atoms with Crippen LogP contribution in [0.25, 0.3) is 0 Å². The molecule has 2 aliphatic carbocycles. The summed E-state index contributed by atoms with van der Waals surface area (Å²) in [5.74, 6) is 1.22. The van der Waals surface area contributed by atoms with E-state index in [1.54, 1.807) is 18.2 Å². The summed E-state index contributed by atoms with van der Waals surface area (Å²) < 4.78 is 5.34. The van der Waals surface area contributed by atoms with Gasteiger partial charge in [-0.05, 0) is 37.0 Å². The van der Waals surface area contributed by atoms with E-state index < -0.39 is 0 Å². The molecule has 0 aliphatic heterocycles. The third-order valence-electron chi connectivity index (χ3n) is 3.74. The lowest BCUT2D eigenvalue weighted by Crippen LogP contribution is -2.36. The molecule has 0 heterocycles. The highest BCUT2D eigenvalue weighted by molar-refractivity contribution is 6.35. The first kappa shape index (κ1) is 14.4. The molecule has 1 fully saturated rings. The van der Waals surface area contributed by atoms with Crippen LogP contribution >= 0.6 is 23.2 Å². The molecule has 2 aliphatic rings. The number of ether oxygens (including phenoxy) is 1. The Morgan fingerprint density at radius 1 is 1.43 bits per heavy atom. The van der Waals surface area contributed by atoms with Crippen molar-refractivity contribution in [1.29, 1.82) is 0 Å². The zero-order chi connectivity index (χ0) is 14.8. The standard InChI is InChI=1S/C15H14Cl2N2O2/c16-10-4-5-14(12(17)7-10)21-8-15(20)19-18-13-6-9-2-1-3-11(9)13/h1-2,4-5,7,9,11H,3,6,8H2,(H,19,20)/b18-13+/t9-,11-/m0/s1. The molecule has 1 N–H and O–H groups in total. The molecule has 6 heteroatoms. The van der Waals surface area contributed by atoms with Gasteiger partial charge in [-0.1, -0.05) is 35.4 Å². The number of rotatable bonds is 4. The summed E-state index contributed by atoms with van der Waals surface area (Å²) in [5.41, 5.74) is 3.58. The zero-order valence-corrected chi connectivity index (χ0v) is 12.7. The van der Waals surface area contributed by atoms with Crippen molar-refractivity contribution >= 4 is 34.8 Å². The normalized spacial score (nSPS) is 24.6. The Morgan fingerprint density at radius 3 is 3.05 bits per heavy atom. The van der Waals surface area contributed by atoms with Gasteiger partial charge in [0.15, 0.2) is 6.61 Å². The number of hydrogen-bond donors (Lipinski definition) is 1. The van der Waals surface area contributed by atoms with Gasteiger partial charge in [0.2, 0.25) is 0 Å². The van der Waals surface area contributed by atoms with Crippen molar-refractivity contribution in [2.75, 3.05) is 6.61 Å². The summed E-state index contributed by atoms with van der Waals surface area (Å²) in [6, 6.07) is 4.85. The monoisotopic (exact) mass is 324 g/mol. The lowest BCUT2D eigenvalue weighted by atomic mass is 9.74. The first-order valence-corrected chi connectivity index (χ1v) is 7.49. The maximum absolute atomic E-state index is 11.7. The van der Waals surface area contributed by atoms with Gasteiger partial charge in [-0.25, -0.2) is 5.43 Å². The zero-order valence-electron chi connectivity index (χ0n) is 11.2. The van der Waals surface area contributed by atoms with E-state index in [9.17, 15) is 4.79 Å². The number of carbonyl (C=O) groups is 1. The van der Waals surface area contributed by atoms with E-state index >= 15 is 0 Å². The molecule has 21 heavy (non-hydrogen) atoms. The van der Waals surface area contributed by atoms with Gasteiger partial charge in [-0.15, -0.1) is 0 Å². The molecular formula is C15H14Cl2N2O2. The molecule has 0 unspecified atom stereocenters. The average Bonchev–Trinajstić information content (AvgIpc) is 2.79. The second-order valence-corrected chi connectivity index (χ2v) is 5.98. The third-order valence-corrected chi connectivity index (χ3v) is 4.27. The van der Waals surface area contributed by atoms with E-state index in [1.807, 2.05) is 0 Å². The number of carbonyl (C=O) groups excluding carboxylic acids is 1. The van der Waals surface area contributed by atoms with Crippen LogP contribution in [0.15, 0.2) is 35.5 Å². The summed E-state index contributed by atoms with van der Waals surface area (Å²) in [4.78, 5) is 11.7. The Labute approximate surface area is 132 Å². The summed E-state index contributed by atoms with van der Waals surface area (Å²) in [7, 11) is 0. The molecule has 0 bridgehead atoms. The molecule has 1 amide bonds. The molecule has 0 aromatic heterocycles. The van der Waals surface area contributed by atoms with Gasteiger partial charge in [-0.3, -0.25) is 4.79 Å². The molecule has 0 spiro atoms. The summed E-state index contributed by atoms with van der Waals surface area (Å²) >= 11 is 11.7. The Balaban J connectivity index is 1.47. The van der Waals surface area contributed by atoms with Gasteiger partial charge in [0.25, 0.3) is 5.91 Å². The third kappa shape index (κ3) is 3.22. The molecule has 2 atom stereocenters. The molecule has 3 rings (SSSR count). The minimum Gasteiger partial charge on any atom is -0.482 e. The molecule has 1 saturated carbocycles. The smallest absolute Gasteiger partial charge is 0.277 e. The summed E-state index contributed by atoms with van der Waals surface area (Å²) in [5, 5.41) is 5.06. The van der Waals surface area contributed by atoms with Crippen molar-refractivity contribution in [2.45, 2.75) is 12.8 Å². The van der Waals surface area contributed by atoms with Crippen LogP contribution in [0, 0.1) is 11.8 Å². The number of benzene rings is 1. The fourth-order valence-corrected chi connectivity index (χ4v) is 3.03. The van der Waals surface area contributed by atoms with E-state index in [2.05, 4.69) is 22.7 Å². The first-order chi connectivity index (χ1) is 10.1. The lowest BCUT2D eigenvalue weighted by Gasteiger charge is -2.31. The highest BCUT2D eigenvalue weighted by Gasteiger charge is 2.37. The second-order valence-electron chi connectivity index (χ2n) is 5.14. The van der Waals surface area contributed by atoms with Crippen molar-refractivity contribution in [3.05, 3.63) is 40.4 Å². The van der Waals surface area contributed by atoms with Crippen molar-refractivity contribution < 1.29 is 9.53 Å². The van der Waals surface area contributed by atoms with Gasteiger partial charge in [0, 0.05) is 16.7 Å². The van der Waals surface area contributed by atoms with Gasteiger partial charge >= 0.3 is 0 Å². The van der Waals surface area contributed by atoms with Crippen molar-refractivity contribution in [1.82, 2.24) is 5.43 Å². The van der Waals surface area contributed by atoms with Gasteiger partial charge in [-0.2, -0.15) is 5.10 Å². The molecule has 110 valence electrons. The first-order valence-electron chi connectivity index (χ1n) is 6.73. The number of amides is 1. The fraction of sp³-hybridized carbons (Fsp3) is 0.333. The van der Waals surface area contributed by atoms with E-state index in [-0.39, 0.29) is 12.5 Å². The minimum atomic E-state index is -0.303. The average molecular weight is 325 g/mol. The molecule has 0 saturated heterocycles. The van der Waals surface area contributed by atoms with Gasteiger partial charge < -0.3 is 4.74 Å². The SMILES string of the molecule is O=C(COc1ccc(Cl)cc1Cl)N/N=C1\C[C@@H]2C=CC[C@H]12. The van der Waals surface area contributed by atoms with Crippen LogP contribution in [0.4, 0.5) is 0 Å². The Hall–Kier alpha value is -1.52. The quantitative estimate of drug-likeness (QED) is 0.681. The van der Waals surface area contributed by atoms with Crippen LogP contribution in [0.2, 0.25) is 10.0 Å².